The number of aryl methyl sites for hydroxylation is 2. The van der Waals surface area contributed by atoms with Gasteiger partial charge >= 0.3 is 5.69 Å². The molecule has 1 aromatic carbocycles. The van der Waals surface area contributed by atoms with Crippen molar-refractivity contribution in [2.75, 3.05) is 0 Å². The third-order valence-electron chi connectivity index (χ3n) is 4.58. The van der Waals surface area contributed by atoms with E-state index in [9.17, 15) is 9.59 Å². The Morgan fingerprint density at radius 2 is 1.82 bits per heavy atom. The summed E-state index contributed by atoms with van der Waals surface area (Å²) in [4.78, 5) is 27.0. The Labute approximate surface area is 128 Å². The molecule has 1 aliphatic rings. The molecular weight excluding hydrogens is 278 g/mol. The predicted molar refractivity (Wildman–Crippen MR) is 84.0 cm³/mol. The van der Waals surface area contributed by atoms with Gasteiger partial charge < -0.3 is 4.57 Å². The molecule has 0 unspecified atom stereocenters. The Morgan fingerprint density at radius 1 is 1.18 bits per heavy atom. The Bertz CT molecular complexity index is 786. The van der Waals surface area contributed by atoms with Crippen LogP contribution in [0.2, 0.25) is 0 Å². The summed E-state index contributed by atoms with van der Waals surface area (Å²) in [7, 11) is 1.74. The van der Waals surface area contributed by atoms with Gasteiger partial charge in [0.15, 0.2) is 0 Å². The number of benzene rings is 1. The zero-order valence-corrected chi connectivity index (χ0v) is 12.9. The average Bonchev–Trinajstić information content (AvgIpc) is 3.07. The van der Waals surface area contributed by atoms with E-state index in [1.165, 1.54) is 0 Å². The van der Waals surface area contributed by atoms with Gasteiger partial charge in [0.1, 0.15) is 0 Å². The number of aliphatic imine (C=N–C) groups is 1. The van der Waals surface area contributed by atoms with Crippen LogP contribution in [0.5, 0.6) is 0 Å². The molecule has 5 heteroatoms. The van der Waals surface area contributed by atoms with Crippen molar-refractivity contribution in [3.63, 3.8) is 0 Å². The highest BCUT2D eigenvalue weighted by Gasteiger charge is 2.35. The van der Waals surface area contributed by atoms with Gasteiger partial charge in [-0.05, 0) is 37.5 Å². The number of aromatic nitrogens is 2. The summed E-state index contributed by atoms with van der Waals surface area (Å²) in [6, 6.07) is 7.79. The van der Waals surface area contributed by atoms with Gasteiger partial charge in [0, 0.05) is 18.9 Å². The number of isocyanates is 1. The van der Waals surface area contributed by atoms with E-state index in [1.807, 2.05) is 37.4 Å². The molecule has 5 nitrogen and oxygen atoms in total. The van der Waals surface area contributed by atoms with Crippen molar-refractivity contribution in [2.24, 2.45) is 12.0 Å². The molecule has 0 spiro atoms. The van der Waals surface area contributed by atoms with E-state index in [0.717, 1.165) is 42.6 Å². The molecule has 0 atom stereocenters. The first-order chi connectivity index (χ1) is 10.6. The van der Waals surface area contributed by atoms with Crippen LogP contribution in [-0.2, 0) is 17.4 Å². The highest BCUT2D eigenvalue weighted by molar-refractivity contribution is 5.42. The van der Waals surface area contributed by atoms with E-state index in [2.05, 4.69) is 4.99 Å². The first-order valence-corrected chi connectivity index (χ1v) is 7.52. The molecule has 0 N–H and O–H groups in total. The van der Waals surface area contributed by atoms with E-state index in [4.69, 9.17) is 0 Å². The Kier molecular flexibility index (Phi) is 3.59. The zero-order valence-electron chi connectivity index (χ0n) is 12.9. The van der Waals surface area contributed by atoms with Gasteiger partial charge in [-0.2, -0.15) is 4.99 Å². The predicted octanol–water partition coefficient (Wildman–Crippen LogP) is 2.59. The van der Waals surface area contributed by atoms with Crippen molar-refractivity contribution < 1.29 is 4.79 Å². The summed E-state index contributed by atoms with van der Waals surface area (Å²) < 4.78 is 3.24. The minimum Gasteiger partial charge on any atom is -0.302 e. The fraction of sp³-hybridized carbons (Fsp3) is 0.412. The molecule has 2 aromatic rings. The van der Waals surface area contributed by atoms with E-state index < -0.39 is 5.54 Å². The van der Waals surface area contributed by atoms with Crippen LogP contribution in [0, 0.1) is 6.92 Å². The third kappa shape index (κ3) is 2.24. The zero-order chi connectivity index (χ0) is 15.7. The van der Waals surface area contributed by atoms with Crippen LogP contribution >= 0.6 is 0 Å². The molecule has 1 aromatic heterocycles. The van der Waals surface area contributed by atoms with Gasteiger partial charge in [0.2, 0.25) is 6.08 Å². The topological polar surface area (TPSA) is 56.4 Å². The van der Waals surface area contributed by atoms with Crippen molar-refractivity contribution in [1.82, 2.24) is 9.13 Å². The van der Waals surface area contributed by atoms with Crippen molar-refractivity contribution in [3.8, 4) is 5.69 Å². The SMILES string of the molecule is Cc1cn(C)c(=O)n1-c1ccc(C2(N=C=O)CCCC2)cc1. The molecule has 0 radical (unpaired) electrons. The molecule has 3 rings (SSSR count). The lowest BCUT2D eigenvalue weighted by Gasteiger charge is -2.23. The molecule has 0 bridgehead atoms. The molecule has 0 saturated heterocycles. The second kappa shape index (κ2) is 5.43. The Hall–Kier alpha value is -2.39. The largest absolute Gasteiger partial charge is 0.332 e. The lowest BCUT2D eigenvalue weighted by molar-refractivity contribution is 0.456. The fourth-order valence-electron chi connectivity index (χ4n) is 3.45. The summed E-state index contributed by atoms with van der Waals surface area (Å²) in [5.41, 5.74) is 2.26. The highest BCUT2D eigenvalue weighted by Crippen LogP contribution is 2.42. The number of nitrogens with zero attached hydrogens (tertiary/aromatic N) is 3. The molecular formula is C17H19N3O2. The molecule has 1 aliphatic carbocycles. The number of hydrogen-bond donors (Lipinski definition) is 0. The second-order valence-electron chi connectivity index (χ2n) is 5.99. The molecule has 1 heterocycles. The summed E-state index contributed by atoms with van der Waals surface area (Å²) in [5.74, 6) is 0. The van der Waals surface area contributed by atoms with Crippen LogP contribution in [0.25, 0.3) is 5.69 Å². The highest BCUT2D eigenvalue weighted by atomic mass is 16.1. The quantitative estimate of drug-likeness (QED) is 0.646. The van der Waals surface area contributed by atoms with Crippen LogP contribution in [-0.4, -0.2) is 15.2 Å². The van der Waals surface area contributed by atoms with Gasteiger partial charge in [-0.15, -0.1) is 0 Å². The average molecular weight is 297 g/mol. The molecule has 1 saturated carbocycles. The van der Waals surface area contributed by atoms with Gasteiger partial charge in [-0.1, -0.05) is 25.0 Å². The summed E-state index contributed by atoms with van der Waals surface area (Å²) in [5, 5.41) is 0. The standard InChI is InChI=1S/C17H19N3O2/c1-13-11-19(2)16(22)20(13)15-7-5-14(6-8-15)17(18-12-21)9-3-4-10-17/h5-8,11H,3-4,9-10H2,1-2H3. The maximum absolute atomic E-state index is 12.2. The lowest BCUT2D eigenvalue weighted by atomic mass is 9.89. The van der Waals surface area contributed by atoms with Crippen LogP contribution in [0.4, 0.5) is 0 Å². The van der Waals surface area contributed by atoms with E-state index >= 15 is 0 Å². The summed E-state index contributed by atoms with van der Waals surface area (Å²) in [6.45, 7) is 1.91. The van der Waals surface area contributed by atoms with E-state index in [-0.39, 0.29) is 5.69 Å². The fourth-order valence-corrected chi connectivity index (χ4v) is 3.45. The number of imidazole rings is 1. The first-order valence-electron chi connectivity index (χ1n) is 7.52. The summed E-state index contributed by atoms with van der Waals surface area (Å²) >= 11 is 0. The van der Waals surface area contributed by atoms with E-state index in [0.29, 0.717) is 0 Å². The molecule has 22 heavy (non-hydrogen) atoms. The lowest BCUT2D eigenvalue weighted by Crippen LogP contribution is -2.22. The molecule has 114 valence electrons. The summed E-state index contributed by atoms with van der Waals surface area (Å²) in [6.07, 6.45) is 7.45. The van der Waals surface area contributed by atoms with Crippen LogP contribution < -0.4 is 5.69 Å². The maximum atomic E-state index is 12.2. The monoisotopic (exact) mass is 297 g/mol. The number of rotatable bonds is 3. The van der Waals surface area contributed by atoms with Gasteiger partial charge in [0.25, 0.3) is 0 Å². The minimum absolute atomic E-state index is 0.0632. The van der Waals surface area contributed by atoms with E-state index in [1.54, 1.807) is 22.3 Å². The van der Waals surface area contributed by atoms with Crippen molar-refractivity contribution in [1.29, 1.82) is 0 Å². The molecule has 0 aliphatic heterocycles. The number of hydrogen-bond acceptors (Lipinski definition) is 3. The minimum atomic E-state index is -0.420. The molecule has 1 fully saturated rings. The third-order valence-corrected chi connectivity index (χ3v) is 4.58. The second-order valence-corrected chi connectivity index (χ2v) is 5.99. The van der Waals surface area contributed by atoms with Gasteiger partial charge in [-0.3, -0.25) is 4.57 Å². The molecule has 0 amide bonds. The van der Waals surface area contributed by atoms with Crippen LogP contribution in [0.1, 0.15) is 36.9 Å². The van der Waals surface area contributed by atoms with Crippen molar-refractivity contribution in [3.05, 3.63) is 52.2 Å². The first kappa shape index (κ1) is 14.5. The van der Waals surface area contributed by atoms with Crippen LogP contribution in [0.3, 0.4) is 0 Å². The smallest absolute Gasteiger partial charge is 0.302 e. The Balaban J connectivity index is 2.03. The number of carbonyl (C=O) groups excluding carboxylic acids is 1. The van der Waals surface area contributed by atoms with Gasteiger partial charge in [0.05, 0.1) is 11.2 Å². The van der Waals surface area contributed by atoms with Crippen molar-refractivity contribution in [2.45, 2.75) is 38.1 Å². The normalized spacial score (nSPS) is 16.5. The van der Waals surface area contributed by atoms with Gasteiger partial charge in [-0.25, -0.2) is 9.59 Å². The Morgan fingerprint density at radius 3 is 2.32 bits per heavy atom. The van der Waals surface area contributed by atoms with Crippen molar-refractivity contribution >= 4 is 6.08 Å². The van der Waals surface area contributed by atoms with Crippen LogP contribution in [0.15, 0.2) is 40.2 Å². The maximum Gasteiger partial charge on any atom is 0.332 e.